The van der Waals surface area contributed by atoms with Crippen LogP contribution in [0.3, 0.4) is 0 Å². The van der Waals surface area contributed by atoms with Gasteiger partial charge in [-0.3, -0.25) is 5.32 Å². The van der Waals surface area contributed by atoms with Crippen LogP contribution in [0.5, 0.6) is 0 Å². The standard InChI is InChI=1S/C9H13ClN2S/c1-7(11)12-6-2-3-8-4-5-9(10)13-8/h2-5,7,12H,6,11H2,1H3. The molecule has 0 saturated heterocycles. The number of halogens is 1. The summed E-state index contributed by atoms with van der Waals surface area (Å²) in [5.74, 6) is 0. The first-order valence-electron chi connectivity index (χ1n) is 4.09. The summed E-state index contributed by atoms with van der Waals surface area (Å²) in [4.78, 5) is 1.16. The lowest BCUT2D eigenvalue weighted by Crippen LogP contribution is -2.33. The first kappa shape index (κ1) is 10.7. The predicted octanol–water partition coefficient (Wildman–Crippen LogP) is 2.31. The van der Waals surface area contributed by atoms with E-state index in [-0.39, 0.29) is 6.17 Å². The molecule has 4 heteroatoms. The van der Waals surface area contributed by atoms with Gasteiger partial charge in [0.1, 0.15) is 0 Å². The maximum Gasteiger partial charge on any atom is 0.0934 e. The molecule has 13 heavy (non-hydrogen) atoms. The van der Waals surface area contributed by atoms with E-state index in [0.29, 0.717) is 0 Å². The number of nitrogens with one attached hydrogen (secondary N) is 1. The van der Waals surface area contributed by atoms with Crippen molar-refractivity contribution in [2.45, 2.75) is 13.1 Å². The highest BCUT2D eigenvalue weighted by Gasteiger charge is 1.92. The molecule has 72 valence electrons. The third-order valence-corrected chi connectivity index (χ3v) is 2.63. The van der Waals surface area contributed by atoms with Gasteiger partial charge in [0.05, 0.1) is 10.5 Å². The van der Waals surface area contributed by atoms with Gasteiger partial charge in [0.25, 0.3) is 0 Å². The van der Waals surface area contributed by atoms with Gasteiger partial charge in [0.2, 0.25) is 0 Å². The van der Waals surface area contributed by atoms with E-state index in [1.54, 1.807) is 11.3 Å². The van der Waals surface area contributed by atoms with Crippen LogP contribution in [0.15, 0.2) is 18.2 Å². The molecular weight excluding hydrogens is 204 g/mol. The van der Waals surface area contributed by atoms with Crippen molar-refractivity contribution in [2.24, 2.45) is 5.73 Å². The van der Waals surface area contributed by atoms with Gasteiger partial charge in [-0.25, -0.2) is 0 Å². The van der Waals surface area contributed by atoms with Crippen LogP contribution in [0.1, 0.15) is 11.8 Å². The summed E-state index contributed by atoms with van der Waals surface area (Å²) < 4.78 is 0.819. The van der Waals surface area contributed by atoms with E-state index >= 15 is 0 Å². The van der Waals surface area contributed by atoms with Crippen LogP contribution in [0.25, 0.3) is 6.08 Å². The Morgan fingerprint density at radius 2 is 2.46 bits per heavy atom. The molecule has 3 N–H and O–H groups in total. The molecule has 1 unspecified atom stereocenters. The van der Waals surface area contributed by atoms with Crippen molar-refractivity contribution in [1.82, 2.24) is 5.32 Å². The van der Waals surface area contributed by atoms with Gasteiger partial charge < -0.3 is 5.73 Å². The monoisotopic (exact) mass is 216 g/mol. The Bertz CT molecular complexity index is 281. The van der Waals surface area contributed by atoms with E-state index in [0.717, 1.165) is 15.8 Å². The normalized spacial score (nSPS) is 13.8. The van der Waals surface area contributed by atoms with Crippen LogP contribution in [0.4, 0.5) is 0 Å². The average Bonchev–Trinajstić information content (AvgIpc) is 2.45. The fourth-order valence-electron chi connectivity index (χ4n) is 0.847. The zero-order valence-electron chi connectivity index (χ0n) is 7.46. The van der Waals surface area contributed by atoms with E-state index in [1.807, 2.05) is 31.2 Å². The fourth-order valence-corrected chi connectivity index (χ4v) is 1.84. The second-order valence-electron chi connectivity index (χ2n) is 2.74. The molecule has 0 aliphatic carbocycles. The number of hydrogen-bond donors (Lipinski definition) is 2. The van der Waals surface area contributed by atoms with E-state index in [1.165, 1.54) is 0 Å². The van der Waals surface area contributed by atoms with Crippen molar-refractivity contribution in [1.29, 1.82) is 0 Å². The summed E-state index contributed by atoms with van der Waals surface area (Å²) in [7, 11) is 0. The highest BCUT2D eigenvalue weighted by atomic mass is 35.5. The molecule has 0 amide bonds. The largest absolute Gasteiger partial charge is 0.316 e. The third-order valence-electron chi connectivity index (χ3n) is 1.43. The van der Waals surface area contributed by atoms with Gasteiger partial charge in [-0.1, -0.05) is 17.7 Å². The minimum absolute atomic E-state index is 0.0385. The molecule has 1 heterocycles. The first-order valence-corrected chi connectivity index (χ1v) is 5.29. The first-order chi connectivity index (χ1) is 6.18. The molecule has 1 atom stereocenters. The van der Waals surface area contributed by atoms with Crippen LogP contribution in [0.2, 0.25) is 4.34 Å². The number of nitrogens with two attached hydrogens (primary N) is 1. The van der Waals surface area contributed by atoms with Gasteiger partial charge in [0, 0.05) is 11.4 Å². The molecule has 0 fully saturated rings. The fraction of sp³-hybridized carbons (Fsp3) is 0.333. The van der Waals surface area contributed by atoms with E-state index < -0.39 is 0 Å². The summed E-state index contributed by atoms with van der Waals surface area (Å²) in [6.45, 7) is 2.70. The summed E-state index contributed by atoms with van der Waals surface area (Å²) in [5.41, 5.74) is 5.51. The Labute approximate surface area is 87.4 Å². The highest BCUT2D eigenvalue weighted by molar-refractivity contribution is 7.16. The van der Waals surface area contributed by atoms with E-state index in [9.17, 15) is 0 Å². The summed E-state index contributed by atoms with van der Waals surface area (Å²) in [6.07, 6.45) is 4.11. The van der Waals surface area contributed by atoms with Crippen LogP contribution >= 0.6 is 22.9 Å². The van der Waals surface area contributed by atoms with Gasteiger partial charge in [-0.2, -0.15) is 0 Å². The summed E-state index contributed by atoms with van der Waals surface area (Å²) >= 11 is 7.34. The Hall–Kier alpha value is -0.350. The van der Waals surface area contributed by atoms with Gasteiger partial charge in [-0.05, 0) is 25.1 Å². The van der Waals surface area contributed by atoms with Crippen molar-refractivity contribution >= 4 is 29.0 Å². The Morgan fingerprint density at radius 1 is 1.69 bits per heavy atom. The molecule has 1 rings (SSSR count). The Morgan fingerprint density at radius 3 is 3.00 bits per heavy atom. The lowest BCUT2D eigenvalue weighted by molar-refractivity contribution is 0.607. The molecule has 0 radical (unpaired) electrons. The van der Waals surface area contributed by atoms with Crippen LogP contribution in [-0.2, 0) is 0 Å². The molecular formula is C9H13ClN2S. The minimum Gasteiger partial charge on any atom is -0.316 e. The van der Waals surface area contributed by atoms with E-state index in [4.69, 9.17) is 17.3 Å². The molecule has 0 spiro atoms. The maximum absolute atomic E-state index is 5.77. The maximum atomic E-state index is 5.77. The predicted molar refractivity (Wildman–Crippen MR) is 60.0 cm³/mol. The highest BCUT2D eigenvalue weighted by Crippen LogP contribution is 2.22. The molecule has 1 aromatic heterocycles. The average molecular weight is 217 g/mol. The summed E-state index contributed by atoms with van der Waals surface area (Å²) in [6, 6.07) is 3.89. The number of rotatable bonds is 4. The Balaban J connectivity index is 2.32. The van der Waals surface area contributed by atoms with Gasteiger partial charge in [-0.15, -0.1) is 11.3 Å². The number of hydrogen-bond acceptors (Lipinski definition) is 3. The van der Waals surface area contributed by atoms with E-state index in [2.05, 4.69) is 5.32 Å². The molecule has 0 bridgehead atoms. The van der Waals surface area contributed by atoms with Crippen LogP contribution in [0, 0.1) is 0 Å². The van der Waals surface area contributed by atoms with Crippen molar-refractivity contribution in [3.63, 3.8) is 0 Å². The van der Waals surface area contributed by atoms with Crippen LogP contribution in [-0.4, -0.2) is 12.7 Å². The second-order valence-corrected chi connectivity index (χ2v) is 4.49. The molecule has 0 aliphatic rings. The topological polar surface area (TPSA) is 38.0 Å². The van der Waals surface area contributed by atoms with Gasteiger partial charge in [0.15, 0.2) is 0 Å². The lowest BCUT2D eigenvalue weighted by atomic mass is 10.4. The quantitative estimate of drug-likeness (QED) is 0.759. The van der Waals surface area contributed by atoms with Crippen molar-refractivity contribution in [2.75, 3.05) is 6.54 Å². The zero-order chi connectivity index (χ0) is 9.68. The molecule has 0 aliphatic heterocycles. The minimum atomic E-state index is 0.0385. The smallest absolute Gasteiger partial charge is 0.0934 e. The molecule has 2 nitrogen and oxygen atoms in total. The van der Waals surface area contributed by atoms with Crippen LogP contribution < -0.4 is 11.1 Å². The Kier molecular flexibility index (Phi) is 4.45. The third kappa shape index (κ3) is 4.43. The molecule has 0 saturated carbocycles. The zero-order valence-corrected chi connectivity index (χ0v) is 9.03. The van der Waals surface area contributed by atoms with Crippen molar-refractivity contribution < 1.29 is 0 Å². The van der Waals surface area contributed by atoms with Gasteiger partial charge >= 0.3 is 0 Å². The lowest BCUT2D eigenvalue weighted by Gasteiger charge is -2.03. The SMILES string of the molecule is CC(N)NCC=Cc1ccc(Cl)s1. The second kappa shape index (κ2) is 5.40. The summed E-state index contributed by atoms with van der Waals surface area (Å²) in [5, 5.41) is 3.09. The van der Waals surface area contributed by atoms with Crippen molar-refractivity contribution in [3.8, 4) is 0 Å². The van der Waals surface area contributed by atoms with Crippen molar-refractivity contribution in [3.05, 3.63) is 27.4 Å². The number of thiophene rings is 1. The molecule has 1 aromatic rings. The molecule has 0 aromatic carbocycles.